The average molecular weight is 517 g/mol. The molecule has 4 N–H and O–H groups in total. The van der Waals surface area contributed by atoms with E-state index in [-0.39, 0.29) is 30.6 Å². The van der Waals surface area contributed by atoms with E-state index in [1.165, 1.54) is 0 Å². The maximum atomic E-state index is 13.1. The number of carboxylic acids is 1. The summed E-state index contributed by atoms with van der Waals surface area (Å²) in [5, 5.41) is 39.6. The van der Waals surface area contributed by atoms with Crippen LogP contribution in [0, 0.1) is 31.6 Å². The monoisotopic (exact) mass is 516 g/mol. The zero-order valence-electron chi connectivity index (χ0n) is 22.0. The summed E-state index contributed by atoms with van der Waals surface area (Å²) in [6.07, 6.45) is 2.55. The van der Waals surface area contributed by atoms with Crippen molar-refractivity contribution in [2.24, 2.45) is 17.8 Å². The fraction of sp³-hybridized carbons (Fsp3) is 0.586. The number of esters is 1. The summed E-state index contributed by atoms with van der Waals surface area (Å²) in [6, 6.07) is 5.77. The lowest BCUT2D eigenvalue weighted by atomic mass is 9.66. The van der Waals surface area contributed by atoms with Gasteiger partial charge in [0.05, 0.1) is 24.7 Å². The summed E-state index contributed by atoms with van der Waals surface area (Å²) in [5.41, 5.74) is 2.76. The minimum atomic E-state index is -1.11. The topological polar surface area (TPSA) is 134 Å². The zero-order valence-corrected chi connectivity index (χ0v) is 22.0. The first-order chi connectivity index (χ1) is 17.5. The summed E-state index contributed by atoms with van der Waals surface area (Å²) in [4.78, 5) is 23.9. The van der Waals surface area contributed by atoms with Crippen LogP contribution in [0.4, 0.5) is 0 Å². The van der Waals surface area contributed by atoms with Gasteiger partial charge in [-0.3, -0.25) is 4.79 Å². The Balaban J connectivity index is 1.70. The molecule has 0 spiro atoms. The van der Waals surface area contributed by atoms with Gasteiger partial charge in [-0.25, -0.2) is 4.79 Å². The number of hydrogen-bond acceptors (Lipinski definition) is 7. The molecule has 0 heterocycles. The van der Waals surface area contributed by atoms with Gasteiger partial charge in [-0.2, -0.15) is 0 Å². The van der Waals surface area contributed by atoms with E-state index in [2.05, 4.69) is 13.0 Å². The molecule has 2 aliphatic carbocycles. The predicted octanol–water partition coefficient (Wildman–Crippen LogP) is 3.48. The third kappa shape index (κ3) is 7.66. The fourth-order valence-corrected chi connectivity index (χ4v) is 5.54. The fourth-order valence-electron chi connectivity index (χ4n) is 5.54. The van der Waals surface area contributed by atoms with Crippen LogP contribution in [0.25, 0.3) is 0 Å². The second-order valence-electron chi connectivity index (χ2n) is 10.6. The van der Waals surface area contributed by atoms with Crippen LogP contribution in [-0.2, 0) is 14.3 Å². The first kappa shape index (κ1) is 28.9. The SMILES string of the molecule is Cc1cccc(C)c1O[C@@H](C)C(=O)O[C@H]1C[C@H](O)C=C2C=C[C@@H](C)[C@H](CC[C@@H](O)C[C@@H](O)CC(=O)O)[C@H]21. The van der Waals surface area contributed by atoms with Crippen LogP contribution < -0.4 is 4.74 Å². The molecule has 8 heteroatoms. The van der Waals surface area contributed by atoms with E-state index in [0.717, 1.165) is 16.7 Å². The summed E-state index contributed by atoms with van der Waals surface area (Å²) in [6.45, 7) is 7.57. The van der Waals surface area contributed by atoms with Crippen molar-refractivity contribution in [2.45, 2.75) is 90.3 Å². The van der Waals surface area contributed by atoms with Gasteiger partial charge in [0, 0.05) is 12.3 Å². The van der Waals surface area contributed by atoms with E-state index < -0.39 is 48.9 Å². The van der Waals surface area contributed by atoms with E-state index in [1.807, 2.05) is 38.1 Å². The number of allylic oxidation sites excluding steroid dienone is 2. The molecular formula is C29H40O8. The van der Waals surface area contributed by atoms with E-state index in [0.29, 0.717) is 18.6 Å². The molecule has 8 nitrogen and oxygen atoms in total. The summed E-state index contributed by atoms with van der Waals surface area (Å²) >= 11 is 0. The van der Waals surface area contributed by atoms with Crippen LogP contribution in [0.15, 0.2) is 42.0 Å². The highest BCUT2D eigenvalue weighted by molar-refractivity contribution is 5.75. The number of fused-ring (bicyclic) bond motifs is 1. The van der Waals surface area contributed by atoms with E-state index >= 15 is 0 Å². The van der Waals surface area contributed by atoms with E-state index in [4.69, 9.17) is 14.6 Å². The molecule has 0 unspecified atom stereocenters. The number of ether oxygens (including phenoxy) is 2. The maximum absolute atomic E-state index is 13.1. The molecule has 1 aromatic carbocycles. The lowest BCUT2D eigenvalue weighted by Crippen LogP contribution is -2.44. The van der Waals surface area contributed by atoms with Crippen LogP contribution in [0.3, 0.4) is 0 Å². The molecule has 0 fully saturated rings. The third-order valence-electron chi connectivity index (χ3n) is 7.46. The number of aliphatic hydroxyl groups excluding tert-OH is 3. The number of hydrogen-bond donors (Lipinski definition) is 4. The number of carboxylic acid groups (broad SMARTS) is 1. The molecule has 0 saturated heterocycles. The van der Waals surface area contributed by atoms with Crippen molar-refractivity contribution in [1.82, 2.24) is 0 Å². The smallest absolute Gasteiger partial charge is 0.347 e. The van der Waals surface area contributed by atoms with Crippen LogP contribution in [0.1, 0.15) is 57.1 Å². The molecule has 2 aliphatic rings. The lowest BCUT2D eigenvalue weighted by Gasteiger charge is -2.43. The standard InChI is InChI=1S/C29H40O8/c1-16-8-9-20-12-22(31)14-25(27(20)24(16)11-10-21(30)13-23(32)15-26(33)34)37-29(35)19(4)36-28-17(2)6-5-7-18(28)3/h5-9,12,16,19,21-25,27,30-32H,10-11,13-15H2,1-4H3,(H,33,34)/t16-,19+,21-,22-,23-,24+,25+,27+/m1/s1. The van der Waals surface area contributed by atoms with Crippen LogP contribution in [0.2, 0.25) is 0 Å². The second kappa shape index (κ2) is 12.7. The number of benzene rings is 1. The average Bonchev–Trinajstić information content (AvgIpc) is 2.80. The van der Waals surface area contributed by atoms with Gasteiger partial charge in [-0.05, 0) is 68.6 Å². The molecule has 37 heavy (non-hydrogen) atoms. The molecular weight excluding hydrogens is 476 g/mol. The highest BCUT2D eigenvalue weighted by atomic mass is 16.6. The van der Waals surface area contributed by atoms with Gasteiger partial charge in [0.1, 0.15) is 11.9 Å². The van der Waals surface area contributed by atoms with Crippen LogP contribution in [0.5, 0.6) is 5.75 Å². The predicted molar refractivity (Wildman–Crippen MR) is 138 cm³/mol. The first-order valence-electron chi connectivity index (χ1n) is 13.1. The largest absolute Gasteiger partial charge is 0.481 e. The number of aliphatic hydroxyl groups is 3. The van der Waals surface area contributed by atoms with Crippen molar-refractivity contribution in [3.8, 4) is 5.75 Å². The van der Waals surface area contributed by atoms with Crippen LogP contribution >= 0.6 is 0 Å². The highest BCUT2D eigenvalue weighted by Crippen LogP contribution is 2.44. The van der Waals surface area contributed by atoms with Gasteiger partial charge in [-0.15, -0.1) is 0 Å². The summed E-state index contributed by atoms with van der Waals surface area (Å²) < 4.78 is 11.9. The number of rotatable bonds is 11. The van der Waals surface area contributed by atoms with Crippen molar-refractivity contribution in [2.75, 3.05) is 0 Å². The van der Waals surface area contributed by atoms with Crippen molar-refractivity contribution < 1.29 is 39.5 Å². The molecule has 0 bridgehead atoms. The molecule has 8 atom stereocenters. The van der Waals surface area contributed by atoms with Crippen molar-refractivity contribution in [3.63, 3.8) is 0 Å². The normalized spacial score (nSPS) is 27.4. The number of aliphatic carboxylic acids is 1. The molecule has 0 saturated carbocycles. The van der Waals surface area contributed by atoms with E-state index in [9.17, 15) is 24.9 Å². The minimum Gasteiger partial charge on any atom is -0.481 e. The van der Waals surface area contributed by atoms with Gasteiger partial charge in [0.2, 0.25) is 0 Å². The third-order valence-corrected chi connectivity index (χ3v) is 7.46. The molecule has 0 amide bonds. The number of aryl methyl sites for hydroxylation is 2. The molecule has 0 aliphatic heterocycles. The van der Waals surface area contributed by atoms with E-state index in [1.54, 1.807) is 13.0 Å². The van der Waals surface area contributed by atoms with Gasteiger partial charge >= 0.3 is 11.9 Å². The van der Waals surface area contributed by atoms with Gasteiger partial charge in [-0.1, -0.05) is 43.4 Å². The van der Waals surface area contributed by atoms with Gasteiger partial charge in [0.25, 0.3) is 0 Å². The lowest BCUT2D eigenvalue weighted by molar-refractivity contribution is -0.162. The Kier molecular flexibility index (Phi) is 9.93. The Morgan fingerprint density at radius 3 is 2.46 bits per heavy atom. The van der Waals surface area contributed by atoms with Gasteiger partial charge in [0.15, 0.2) is 6.10 Å². The number of carbonyl (C=O) groups is 2. The van der Waals surface area contributed by atoms with Crippen molar-refractivity contribution in [1.29, 1.82) is 0 Å². The Labute approximate surface area is 218 Å². The maximum Gasteiger partial charge on any atom is 0.347 e. The molecule has 204 valence electrons. The first-order valence-corrected chi connectivity index (χ1v) is 13.1. The molecule has 0 radical (unpaired) electrons. The quantitative estimate of drug-likeness (QED) is 0.329. The van der Waals surface area contributed by atoms with Crippen molar-refractivity contribution in [3.05, 3.63) is 53.1 Å². The zero-order chi connectivity index (χ0) is 27.3. The Morgan fingerprint density at radius 1 is 1.14 bits per heavy atom. The highest BCUT2D eigenvalue weighted by Gasteiger charge is 2.42. The Bertz CT molecular complexity index is 995. The number of para-hydroxylation sites is 1. The molecule has 0 aromatic heterocycles. The molecule has 1 aromatic rings. The van der Waals surface area contributed by atoms with Crippen LogP contribution in [-0.4, -0.2) is 62.9 Å². The minimum absolute atomic E-state index is 0.0130. The Morgan fingerprint density at radius 2 is 1.81 bits per heavy atom. The summed E-state index contributed by atoms with van der Waals surface area (Å²) in [7, 11) is 0. The van der Waals surface area contributed by atoms with Crippen molar-refractivity contribution >= 4 is 11.9 Å². The molecule has 3 rings (SSSR count). The second-order valence-corrected chi connectivity index (χ2v) is 10.6. The number of carbonyl (C=O) groups excluding carboxylic acids is 1. The summed E-state index contributed by atoms with van der Waals surface area (Å²) in [5.74, 6) is -0.945. The Hall–Kier alpha value is -2.68. The van der Waals surface area contributed by atoms with Gasteiger partial charge < -0.3 is 29.9 Å².